The van der Waals surface area contributed by atoms with Crippen molar-refractivity contribution in [2.75, 3.05) is 30.9 Å². The first-order valence-electron chi connectivity index (χ1n) is 10.1. The molecule has 0 aliphatic rings. The zero-order chi connectivity index (χ0) is 21.7. The van der Waals surface area contributed by atoms with Gasteiger partial charge in [-0.25, -0.2) is 4.98 Å². The van der Waals surface area contributed by atoms with Crippen LogP contribution in [0.5, 0.6) is 5.75 Å². The Kier molecular flexibility index (Phi) is 6.81. The summed E-state index contributed by atoms with van der Waals surface area (Å²) in [6.45, 7) is 6.96. The van der Waals surface area contributed by atoms with Crippen LogP contribution in [0, 0.1) is 4.91 Å². The second kappa shape index (κ2) is 9.51. The Hall–Kier alpha value is -3.23. The molecule has 30 heavy (non-hydrogen) atoms. The van der Waals surface area contributed by atoms with Crippen LogP contribution in [-0.2, 0) is 6.54 Å². The lowest BCUT2D eigenvalue weighted by atomic mass is 10.2. The maximum Gasteiger partial charge on any atom is 0.227 e. The molecule has 0 saturated heterocycles. The van der Waals surface area contributed by atoms with Crippen LogP contribution in [0.1, 0.15) is 38.8 Å². The van der Waals surface area contributed by atoms with Crippen molar-refractivity contribution in [3.8, 4) is 5.75 Å². The summed E-state index contributed by atoms with van der Waals surface area (Å²) in [6.07, 6.45) is 2.53. The number of imidazole rings is 1. The Labute approximate surface area is 176 Å². The molecule has 2 aromatic heterocycles. The van der Waals surface area contributed by atoms with Crippen LogP contribution in [0.4, 0.5) is 11.8 Å². The zero-order valence-corrected chi connectivity index (χ0v) is 18.2. The summed E-state index contributed by atoms with van der Waals surface area (Å²) >= 11 is 0. The average Bonchev–Trinajstić information content (AvgIpc) is 3.17. The summed E-state index contributed by atoms with van der Waals surface area (Å²) in [4.78, 5) is 26.8. The van der Waals surface area contributed by atoms with E-state index in [0.717, 1.165) is 34.7 Å². The summed E-state index contributed by atoms with van der Waals surface area (Å²) in [5, 5.41) is 6.27. The molecule has 1 aromatic carbocycles. The van der Waals surface area contributed by atoms with Gasteiger partial charge in [0, 0.05) is 19.6 Å². The number of nitroso groups, excluding NO2 is 1. The van der Waals surface area contributed by atoms with Gasteiger partial charge in [0.05, 0.1) is 19.5 Å². The zero-order valence-electron chi connectivity index (χ0n) is 18.2. The summed E-state index contributed by atoms with van der Waals surface area (Å²) in [6, 6.07) is 8.02. The summed E-state index contributed by atoms with van der Waals surface area (Å²) < 4.78 is 7.35. The minimum atomic E-state index is -0.119. The van der Waals surface area contributed by atoms with E-state index in [4.69, 9.17) is 14.7 Å². The molecule has 9 nitrogen and oxygen atoms in total. The van der Waals surface area contributed by atoms with E-state index in [0.29, 0.717) is 12.5 Å². The van der Waals surface area contributed by atoms with Crippen molar-refractivity contribution < 1.29 is 4.74 Å². The van der Waals surface area contributed by atoms with Crippen molar-refractivity contribution in [2.24, 2.45) is 5.18 Å². The Morgan fingerprint density at radius 1 is 1.30 bits per heavy atom. The summed E-state index contributed by atoms with van der Waals surface area (Å²) in [7, 11) is 3.63. The van der Waals surface area contributed by atoms with Gasteiger partial charge >= 0.3 is 0 Å². The molecule has 3 rings (SSSR count). The fraction of sp³-hybridized carbons (Fsp3) is 0.476. The lowest BCUT2D eigenvalue weighted by molar-refractivity contribution is 0.414. The third-order valence-electron chi connectivity index (χ3n) is 5.00. The molecule has 0 fully saturated rings. The van der Waals surface area contributed by atoms with Crippen molar-refractivity contribution in [2.45, 2.75) is 45.8 Å². The highest BCUT2D eigenvalue weighted by atomic mass is 16.5. The number of ether oxygens (including phenoxy) is 1. The first-order valence-corrected chi connectivity index (χ1v) is 10.1. The van der Waals surface area contributed by atoms with Crippen molar-refractivity contribution >= 4 is 22.9 Å². The largest absolute Gasteiger partial charge is 0.497 e. The molecule has 2 heterocycles. The molecular weight excluding hydrogens is 382 g/mol. The second-order valence-corrected chi connectivity index (χ2v) is 7.56. The lowest BCUT2D eigenvalue weighted by Gasteiger charge is -2.21. The van der Waals surface area contributed by atoms with Crippen molar-refractivity contribution in [3.05, 3.63) is 41.1 Å². The number of fused-ring (bicyclic) bond motifs is 1. The molecule has 0 saturated carbocycles. The van der Waals surface area contributed by atoms with Crippen LogP contribution in [0.3, 0.4) is 0 Å². The van der Waals surface area contributed by atoms with Crippen LogP contribution in [0.25, 0.3) is 11.2 Å². The second-order valence-electron chi connectivity index (χ2n) is 7.56. The number of nitrogens with zero attached hydrogens (tertiary/aromatic N) is 6. The quantitative estimate of drug-likeness (QED) is 0.503. The fourth-order valence-electron chi connectivity index (χ4n) is 3.28. The Morgan fingerprint density at radius 2 is 2.10 bits per heavy atom. The van der Waals surface area contributed by atoms with Crippen LogP contribution in [0.2, 0.25) is 0 Å². The van der Waals surface area contributed by atoms with Crippen molar-refractivity contribution in [3.63, 3.8) is 0 Å². The third-order valence-corrected chi connectivity index (χ3v) is 5.00. The number of methoxy groups -OCH3 is 1. The van der Waals surface area contributed by atoms with Gasteiger partial charge in [-0.15, -0.1) is 0 Å². The molecule has 0 amide bonds. The standard InChI is InChI=1S/C21H29N7O2/c1-6-16(11-23-29)24-21-25-19(18-20(26-21)28(13-22-18)14(2)3)27(4)12-15-8-7-9-17(10-15)30-5/h7-10,13-14,16H,6,11-12H2,1-5H3,(H,24,25,26)/t16-/m1/s1. The number of aromatic nitrogens is 4. The fourth-order valence-corrected chi connectivity index (χ4v) is 3.28. The molecule has 3 aromatic rings. The number of anilines is 2. The topological polar surface area (TPSA) is 97.5 Å². The van der Waals surface area contributed by atoms with Gasteiger partial charge in [0.15, 0.2) is 17.0 Å². The van der Waals surface area contributed by atoms with Crippen LogP contribution in [-0.4, -0.2) is 46.3 Å². The maximum atomic E-state index is 10.7. The highest BCUT2D eigenvalue weighted by Crippen LogP contribution is 2.27. The predicted molar refractivity (Wildman–Crippen MR) is 119 cm³/mol. The van der Waals surface area contributed by atoms with Gasteiger partial charge in [-0.3, -0.25) is 0 Å². The molecule has 1 atom stereocenters. The third kappa shape index (κ3) is 4.67. The molecule has 1 N–H and O–H groups in total. The van der Waals surface area contributed by atoms with E-state index < -0.39 is 0 Å². The van der Waals surface area contributed by atoms with E-state index in [-0.39, 0.29) is 18.6 Å². The number of rotatable bonds is 10. The van der Waals surface area contributed by atoms with E-state index in [2.05, 4.69) is 29.3 Å². The molecular formula is C21H29N7O2. The molecule has 0 unspecified atom stereocenters. The monoisotopic (exact) mass is 411 g/mol. The molecule has 0 bridgehead atoms. The molecule has 0 aliphatic heterocycles. The molecule has 0 aliphatic carbocycles. The van der Waals surface area contributed by atoms with E-state index in [1.54, 1.807) is 13.4 Å². The van der Waals surface area contributed by atoms with E-state index in [9.17, 15) is 4.91 Å². The maximum absolute atomic E-state index is 10.7. The van der Waals surface area contributed by atoms with Gasteiger partial charge in [-0.1, -0.05) is 24.2 Å². The SMILES string of the molecule is CC[C@H](CN=O)Nc1nc(N(C)Cc2cccc(OC)c2)c2ncn(C(C)C)c2n1. The highest BCUT2D eigenvalue weighted by Gasteiger charge is 2.19. The summed E-state index contributed by atoms with van der Waals surface area (Å²) in [5.74, 6) is 2.00. The minimum Gasteiger partial charge on any atom is -0.497 e. The number of hydrogen-bond donors (Lipinski definition) is 1. The van der Waals surface area contributed by atoms with Crippen LogP contribution >= 0.6 is 0 Å². The molecule has 160 valence electrons. The van der Waals surface area contributed by atoms with Crippen molar-refractivity contribution in [1.82, 2.24) is 19.5 Å². The number of benzene rings is 1. The number of hydrogen-bond acceptors (Lipinski definition) is 8. The van der Waals surface area contributed by atoms with Crippen LogP contribution in [0.15, 0.2) is 35.8 Å². The Balaban J connectivity index is 2.01. The average molecular weight is 412 g/mol. The molecule has 9 heteroatoms. The van der Waals surface area contributed by atoms with Crippen molar-refractivity contribution in [1.29, 1.82) is 0 Å². The van der Waals surface area contributed by atoms with Gasteiger partial charge in [-0.2, -0.15) is 14.9 Å². The Morgan fingerprint density at radius 3 is 2.77 bits per heavy atom. The van der Waals surface area contributed by atoms with Gasteiger partial charge in [0.25, 0.3) is 0 Å². The van der Waals surface area contributed by atoms with Gasteiger partial charge in [0.2, 0.25) is 5.95 Å². The smallest absolute Gasteiger partial charge is 0.227 e. The molecule has 0 radical (unpaired) electrons. The Bertz CT molecular complexity index is 1000. The van der Waals surface area contributed by atoms with Gasteiger partial charge in [-0.05, 0) is 38.0 Å². The molecule has 0 spiro atoms. The van der Waals surface area contributed by atoms with Gasteiger partial charge < -0.3 is 19.5 Å². The summed E-state index contributed by atoms with van der Waals surface area (Å²) in [5.41, 5.74) is 2.59. The highest BCUT2D eigenvalue weighted by molar-refractivity contribution is 5.85. The first kappa shape index (κ1) is 21.5. The number of nitrogens with one attached hydrogen (secondary N) is 1. The predicted octanol–water partition coefficient (Wildman–Crippen LogP) is 4.01. The van der Waals surface area contributed by atoms with Crippen LogP contribution < -0.4 is 15.0 Å². The first-order chi connectivity index (χ1) is 14.5. The van der Waals surface area contributed by atoms with E-state index in [1.165, 1.54) is 0 Å². The normalized spacial score (nSPS) is 12.2. The lowest BCUT2D eigenvalue weighted by Crippen LogP contribution is -2.25. The van der Waals surface area contributed by atoms with E-state index >= 15 is 0 Å². The minimum absolute atomic E-state index is 0.119. The van der Waals surface area contributed by atoms with Gasteiger partial charge in [0.1, 0.15) is 12.3 Å². The van der Waals surface area contributed by atoms with E-state index in [1.807, 2.05) is 47.7 Å².